The van der Waals surface area contributed by atoms with Gasteiger partial charge in [0.25, 0.3) is 0 Å². The van der Waals surface area contributed by atoms with Crippen LogP contribution in [0.3, 0.4) is 0 Å². The molecule has 2 N–H and O–H groups in total. The molecule has 1 heterocycles. The van der Waals surface area contributed by atoms with Gasteiger partial charge in [-0.25, -0.2) is 9.78 Å². The smallest absolute Gasteiger partial charge is 0.321 e. The molecule has 3 rings (SSSR count). The fraction of sp³-hybridized carbons (Fsp3) is 0.389. The van der Waals surface area contributed by atoms with Crippen LogP contribution >= 0.6 is 11.8 Å². The predicted molar refractivity (Wildman–Crippen MR) is 98.3 cm³/mol. The standard InChI is InChI=1S/C18H22N4O2S/c1-22-15(13-7-3-2-4-8-13)11-19-18(22)25-12-16(23)21-17(24)20-14-9-5-6-10-14/h2-4,7-8,11,14H,5-6,9-10,12H2,1H3,(H2,20,21,23,24). The van der Waals surface area contributed by atoms with E-state index in [0.29, 0.717) is 0 Å². The van der Waals surface area contributed by atoms with Gasteiger partial charge in [-0.1, -0.05) is 54.9 Å². The molecule has 7 heteroatoms. The number of imidazole rings is 1. The number of hydrogen-bond donors (Lipinski definition) is 2. The molecule has 1 aromatic carbocycles. The molecule has 6 nitrogen and oxygen atoms in total. The van der Waals surface area contributed by atoms with Crippen molar-refractivity contribution in [3.05, 3.63) is 36.5 Å². The number of imide groups is 1. The zero-order chi connectivity index (χ0) is 17.6. The van der Waals surface area contributed by atoms with Gasteiger partial charge in [-0.2, -0.15) is 0 Å². The monoisotopic (exact) mass is 358 g/mol. The number of nitrogens with one attached hydrogen (secondary N) is 2. The van der Waals surface area contributed by atoms with E-state index in [9.17, 15) is 9.59 Å². The Morgan fingerprint density at radius 3 is 2.68 bits per heavy atom. The molecule has 0 aliphatic heterocycles. The van der Waals surface area contributed by atoms with Crippen molar-refractivity contribution < 1.29 is 9.59 Å². The van der Waals surface area contributed by atoms with Crippen LogP contribution in [-0.2, 0) is 11.8 Å². The number of amides is 3. The third kappa shape index (κ3) is 4.63. The molecule has 1 aromatic heterocycles. The molecule has 1 aliphatic rings. The first-order chi connectivity index (χ1) is 12.1. The van der Waals surface area contributed by atoms with Crippen LogP contribution in [0.1, 0.15) is 25.7 Å². The molecular weight excluding hydrogens is 336 g/mol. The Bertz CT molecular complexity index is 739. The van der Waals surface area contributed by atoms with Crippen molar-refractivity contribution in [1.82, 2.24) is 20.2 Å². The summed E-state index contributed by atoms with van der Waals surface area (Å²) in [6.45, 7) is 0. The molecule has 25 heavy (non-hydrogen) atoms. The van der Waals surface area contributed by atoms with E-state index in [4.69, 9.17) is 0 Å². The SMILES string of the molecule is Cn1c(-c2ccccc2)cnc1SCC(=O)NC(=O)NC1CCCC1. The van der Waals surface area contributed by atoms with Crippen LogP contribution in [0.2, 0.25) is 0 Å². The van der Waals surface area contributed by atoms with Crippen molar-refractivity contribution in [3.63, 3.8) is 0 Å². The largest absolute Gasteiger partial charge is 0.335 e. The summed E-state index contributed by atoms with van der Waals surface area (Å²) in [5.41, 5.74) is 2.06. The van der Waals surface area contributed by atoms with Crippen molar-refractivity contribution >= 4 is 23.7 Å². The Morgan fingerprint density at radius 2 is 1.96 bits per heavy atom. The Morgan fingerprint density at radius 1 is 1.24 bits per heavy atom. The molecule has 2 aromatic rings. The minimum absolute atomic E-state index is 0.150. The van der Waals surface area contributed by atoms with Gasteiger partial charge < -0.3 is 9.88 Å². The molecule has 0 bridgehead atoms. The minimum Gasteiger partial charge on any atom is -0.335 e. The highest BCUT2D eigenvalue weighted by molar-refractivity contribution is 7.99. The van der Waals surface area contributed by atoms with Gasteiger partial charge in [0.15, 0.2) is 5.16 Å². The van der Waals surface area contributed by atoms with Crippen LogP contribution < -0.4 is 10.6 Å². The highest BCUT2D eigenvalue weighted by Crippen LogP contribution is 2.24. The molecule has 132 valence electrons. The summed E-state index contributed by atoms with van der Waals surface area (Å²) in [5.74, 6) is -0.165. The number of hydrogen-bond acceptors (Lipinski definition) is 4. The molecular formula is C18H22N4O2S. The molecule has 1 aliphatic carbocycles. The van der Waals surface area contributed by atoms with Gasteiger partial charge in [-0.15, -0.1) is 0 Å². The predicted octanol–water partition coefficient (Wildman–Crippen LogP) is 2.95. The van der Waals surface area contributed by atoms with E-state index in [1.54, 1.807) is 6.20 Å². The quantitative estimate of drug-likeness (QED) is 0.806. The average Bonchev–Trinajstić information content (AvgIpc) is 3.23. The minimum atomic E-state index is -0.401. The van der Waals surface area contributed by atoms with E-state index < -0.39 is 6.03 Å². The van der Waals surface area contributed by atoms with Gasteiger partial charge in [0, 0.05) is 13.1 Å². The number of nitrogens with zero attached hydrogens (tertiary/aromatic N) is 2. The molecule has 0 unspecified atom stereocenters. The average molecular weight is 358 g/mol. The Labute approximate surface area is 151 Å². The summed E-state index contributed by atoms with van der Waals surface area (Å²) in [6.07, 6.45) is 6.05. The maximum atomic E-state index is 12.0. The number of carbonyl (C=O) groups is 2. The van der Waals surface area contributed by atoms with Crippen LogP contribution in [0, 0.1) is 0 Å². The van der Waals surface area contributed by atoms with E-state index in [-0.39, 0.29) is 17.7 Å². The lowest BCUT2D eigenvalue weighted by atomic mass is 10.2. The van der Waals surface area contributed by atoms with Crippen molar-refractivity contribution in [3.8, 4) is 11.3 Å². The summed E-state index contributed by atoms with van der Waals surface area (Å²) >= 11 is 1.32. The number of carbonyl (C=O) groups excluding carboxylic acids is 2. The topological polar surface area (TPSA) is 76.0 Å². The van der Waals surface area contributed by atoms with Crippen LogP contribution in [0.4, 0.5) is 4.79 Å². The zero-order valence-corrected chi connectivity index (χ0v) is 15.0. The van der Waals surface area contributed by atoms with Gasteiger partial charge in [0.2, 0.25) is 5.91 Å². The van der Waals surface area contributed by atoms with Gasteiger partial charge >= 0.3 is 6.03 Å². The van der Waals surface area contributed by atoms with Crippen LogP contribution in [-0.4, -0.2) is 33.3 Å². The highest BCUT2D eigenvalue weighted by Gasteiger charge is 2.18. The Hall–Kier alpha value is -2.28. The molecule has 3 amide bonds. The summed E-state index contributed by atoms with van der Waals surface area (Å²) in [6, 6.07) is 9.76. The third-order valence-corrected chi connectivity index (χ3v) is 5.33. The number of thioether (sulfide) groups is 1. The molecule has 0 saturated heterocycles. The van der Waals surface area contributed by atoms with E-state index in [1.807, 2.05) is 41.9 Å². The highest BCUT2D eigenvalue weighted by atomic mass is 32.2. The lowest BCUT2D eigenvalue weighted by Gasteiger charge is -2.12. The first-order valence-corrected chi connectivity index (χ1v) is 9.42. The first-order valence-electron chi connectivity index (χ1n) is 8.44. The summed E-state index contributed by atoms with van der Waals surface area (Å²) in [5, 5.41) is 5.97. The fourth-order valence-electron chi connectivity index (χ4n) is 2.99. The summed E-state index contributed by atoms with van der Waals surface area (Å²) < 4.78 is 1.95. The number of benzene rings is 1. The summed E-state index contributed by atoms with van der Waals surface area (Å²) in [4.78, 5) is 28.1. The number of rotatable bonds is 5. The maximum Gasteiger partial charge on any atom is 0.321 e. The lowest BCUT2D eigenvalue weighted by molar-refractivity contribution is -0.117. The second kappa shape index (κ2) is 8.20. The van der Waals surface area contributed by atoms with Crippen molar-refractivity contribution in [2.75, 3.05) is 5.75 Å². The fourth-order valence-corrected chi connectivity index (χ4v) is 3.74. The first kappa shape index (κ1) is 17.5. The molecule has 1 saturated carbocycles. The second-order valence-electron chi connectivity index (χ2n) is 6.14. The maximum absolute atomic E-state index is 12.0. The van der Waals surface area contributed by atoms with E-state index >= 15 is 0 Å². The van der Waals surface area contributed by atoms with Crippen LogP contribution in [0.15, 0.2) is 41.7 Å². The third-order valence-electron chi connectivity index (χ3n) is 4.29. The molecule has 0 atom stereocenters. The van der Waals surface area contributed by atoms with Crippen molar-refractivity contribution in [2.45, 2.75) is 36.9 Å². The Balaban J connectivity index is 1.50. The molecule has 0 radical (unpaired) electrons. The van der Waals surface area contributed by atoms with Gasteiger partial charge in [-0.05, 0) is 18.4 Å². The summed E-state index contributed by atoms with van der Waals surface area (Å²) in [7, 11) is 1.92. The number of aromatic nitrogens is 2. The second-order valence-corrected chi connectivity index (χ2v) is 7.09. The normalized spacial score (nSPS) is 14.4. The van der Waals surface area contributed by atoms with Crippen LogP contribution in [0.25, 0.3) is 11.3 Å². The van der Waals surface area contributed by atoms with Gasteiger partial charge in [0.1, 0.15) is 0 Å². The van der Waals surface area contributed by atoms with E-state index in [1.165, 1.54) is 11.8 Å². The van der Waals surface area contributed by atoms with Crippen molar-refractivity contribution in [1.29, 1.82) is 0 Å². The van der Waals surface area contributed by atoms with Gasteiger partial charge in [0.05, 0.1) is 17.6 Å². The number of urea groups is 1. The molecule has 0 spiro atoms. The van der Waals surface area contributed by atoms with Gasteiger partial charge in [-0.3, -0.25) is 10.1 Å². The lowest BCUT2D eigenvalue weighted by Crippen LogP contribution is -2.44. The van der Waals surface area contributed by atoms with Crippen molar-refractivity contribution in [2.24, 2.45) is 7.05 Å². The van der Waals surface area contributed by atoms with E-state index in [0.717, 1.165) is 42.1 Å². The zero-order valence-electron chi connectivity index (χ0n) is 14.2. The Kier molecular flexibility index (Phi) is 5.75. The molecule has 1 fully saturated rings. The van der Waals surface area contributed by atoms with E-state index in [2.05, 4.69) is 15.6 Å². The van der Waals surface area contributed by atoms with Crippen LogP contribution in [0.5, 0.6) is 0 Å².